The molecule has 0 saturated heterocycles. The van der Waals surface area contributed by atoms with Crippen molar-refractivity contribution in [1.82, 2.24) is 10.6 Å². The third-order valence-electron chi connectivity index (χ3n) is 3.57. The van der Waals surface area contributed by atoms with E-state index in [-0.39, 0.29) is 12.1 Å². The minimum atomic E-state index is -0.431. The lowest BCUT2D eigenvalue weighted by Gasteiger charge is -2.25. The first-order chi connectivity index (χ1) is 9.31. The number of nitrogens with one attached hydrogen (secondary N) is 2. The van der Waals surface area contributed by atoms with Gasteiger partial charge in [-0.05, 0) is 52.9 Å². The minimum absolute atomic E-state index is 0.203. The van der Waals surface area contributed by atoms with Crippen LogP contribution in [0.4, 0.5) is 4.79 Å². The van der Waals surface area contributed by atoms with Crippen molar-refractivity contribution < 1.29 is 9.53 Å². The zero-order valence-electron chi connectivity index (χ0n) is 13.8. The summed E-state index contributed by atoms with van der Waals surface area (Å²) in [5.74, 6) is 0.619. The molecule has 0 aromatic heterocycles. The number of hydrogen-bond acceptors (Lipinski definition) is 3. The summed E-state index contributed by atoms with van der Waals surface area (Å²) >= 11 is 0. The van der Waals surface area contributed by atoms with Gasteiger partial charge in [-0.3, -0.25) is 0 Å². The fourth-order valence-electron chi connectivity index (χ4n) is 2.23. The molecular formula is C16H32N2O2. The molecule has 1 rings (SSSR count). The SMILES string of the molecule is CCCCC(C)NCC(NC(=O)OC(C)(C)C)C1CC1. The molecule has 2 unspecified atom stereocenters. The number of hydrogen-bond donors (Lipinski definition) is 2. The number of ether oxygens (including phenoxy) is 1. The number of alkyl carbamates (subject to hydrolysis) is 1. The van der Waals surface area contributed by atoms with Gasteiger partial charge in [0.25, 0.3) is 0 Å². The highest BCUT2D eigenvalue weighted by Gasteiger charge is 2.33. The maximum absolute atomic E-state index is 11.9. The van der Waals surface area contributed by atoms with Crippen LogP contribution in [0.1, 0.15) is 66.7 Å². The quantitative estimate of drug-likeness (QED) is 0.717. The van der Waals surface area contributed by atoms with Crippen LogP contribution < -0.4 is 10.6 Å². The van der Waals surface area contributed by atoms with Gasteiger partial charge in [-0.25, -0.2) is 4.79 Å². The second-order valence-corrected chi connectivity index (χ2v) is 7.04. The van der Waals surface area contributed by atoms with Crippen LogP contribution in [0, 0.1) is 5.92 Å². The van der Waals surface area contributed by atoms with Crippen molar-refractivity contribution in [1.29, 1.82) is 0 Å². The molecule has 0 aromatic carbocycles. The zero-order valence-corrected chi connectivity index (χ0v) is 13.8. The highest BCUT2D eigenvalue weighted by molar-refractivity contribution is 5.68. The van der Waals surface area contributed by atoms with Crippen LogP contribution >= 0.6 is 0 Å². The van der Waals surface area contributed by atoms with Crippen molar-refractivity contribution in [2.75, 3.05) is 6.54 Å². The second kappa shape index (κ2) is 7.87. The lowest BCUT2D eigenvalue weighted by molar-refractivity contribution is 0.0496. The largest absolute Gasteiger partial charge is 0.444 e. The molecular weight excluding hydrogens is 252 g/mol. The first kappa shape index (κ1) is 17.3. The molecule has 0 spiro atoms. The van der Waals surface area contributed by atoms with E-state index in [0.29, 0.717) is 12.0 Å². The summed E-state index contributed by atoms with van der Waals surface area (Å²) in [6, 6.07) is 0.713. The van der Waals surface area contributed by atoms with Gasteiger partial charge >= 0.3 is 6.09 Å². The Morgan fingerprint density at radius 2 is 2.00 bits per heavy atom. The fourth-order valence-corrected chi connectivity index (χ4v) is 2.23. The van der Waals surface area contributed by atoms with Crippen molar-refractivity contribution in [3.05, 3.63) is 0 Å². The lowest BCUT2D eigenvalue weighted by Crippen LogP contribution is -2.47. The number of carbonyl (C=O) groups is 1. The van der Waals surface area contributed by atoms with E-state index in [0.717, 1.165) is 6.54 Å². The topological polar surface area (TPSA) is 50.4 Å². The van der Waals surface area contributed by atoms with Crippen molar-refractivity contribution in [3.63, 3.8) is 0 Å². The summed E-state index contributed by atoms with van der Waals surface area (Å²) in [5.41, 5.74) is -0.431. The van der Waals surface area contributed by atoms with Crippen LogP contribution in [0.2, 0.25) is 0 Å². The maximum atomic E-state index is 11.9. The fraction of sp³-hybridized carbons (Fsp3) is 0.938. The van der Waals surface area contributed by atoms with Gasteiger partial charge in [0.2, 0.25) is 0 Å². The molecule has 1 amide bonds. The van der Waals surface area contributed by atoms with Gasteiger partial charge in [0, 0.05) is 18.6 Å². The standard InChI is InChI=1S/C16H32N2O2/c1-6-7-8-12(2)17-11-14(13-9-10-13)18-15(19)20-16(3,4)5/h12-14,17H,6-11H2,1-5H3,(H,18,19). The molecule has 1 aliphatic carbocycles. The number of amides is 1. The van der Waals surface area contributed by atoms with Crippen molar-refractivity contribution in [2.45, 2.75) is 84.4 Å². The Labute approximate surface area is 124 Å². The molecule has 4 heteroatoms. The van der Waals surface area contributed by atoms with Crippen LogP contribution in [0.25, 0.3) is 0 Å². The van der Waals surface area contributed by atoms with E-state index in [2.05, 4.69) is 24.5 Å². The maximum Gasteiger partial charge on any atom is 0.407 e. The van der Waals surface area contributed by atoms with Crippen LogP contribution in [0.3, 0.4) is 0 Å². The van der Waals surface area contributed by atoms with Crippen molar-refractivity contribution >= 4 is 6.09 Å². The highest BCUT2D eigenvalue weighted by atomic mass is 16.6. The van der Waals surface area contributed by atoms with Gasteiger partial charge < -0.3 is 15.4 Å². The van der Waals surface area contributed by atoms with Crippen molar-refractivity contribution in [3.8, 4) is 0 Å². The van der Waals surface area contributed by atoms with E-state index in [1.54, 1.807) is 0 Å². The summed E-state index contributed by atoms with van der Waals surface area (Å²) in [5, 5.41) is 6.56. The van der Waals surface area contributed by atoms with E-state index < -0.39 is 5.60 Å². The molecule has 1 aliphatic rings. The molecule has 0 aromatic rings. The van der Waals surface area contributed by atoms with E-state index in [4.69, 9.17) is 4.74 Å². The van der Waals surface area contributed by atoms with E-state index >= 15 is 0 Å². The van der Waals surface area contributed by atoms with E-state index in [1.807, 2.05) is 20.8 Å². The Morgan fingerprint density at radius 1 is 1.35 bits per heavy atom. The Kier molecular flexibility index (Phi) is 6.80. The molecule has 1 fully saturated rings. The predicted octanol–water partition coefficient (Wildman–Crippen LogP) is 3.46. The van der Waals surface area contributed by atoms with Gasteiger partial charge in [-0.15, -0.1) is 0 Å². The molecule has 20 heavy (non-hydrogen) atoms. The Bertz CT molecular complexity index is 295. The first-order valence-corrected chi connectivity index (χ1v) is 8.04. The van der Waals surface area contributed by atoms with Crippen molar-refractivity contribution in [2.24, 2.45) is 5.92 Å². The average molecular weight is 284 g/mol. The monoisotopic (exact) mass is 284 g/mol. The molecule has 0 aliphatic heterocycles. The van der Waals surface area contributed by atoms with Gasteiger partial charge in [0.15, 0.2) is 0 Å². The van der Waals surface area contributed by atoms with Crippen LogP contribution in [0.5, 0.6) is 0 Å². The second-order valence-electron chi connectivity index (χ2n) is 7.04. The molecule has 0 bridgehead atoms. The molecule has 2 atom stereocenters. The van der Waals surface area contributed by atoms with Crippen LogP contribution in [-0.2, 0) is 4.74 Å². The summed E-state index contributed by atoms with van der Waals surface area (Å²) in [6.45, 7) is 10.9. The molecule has 0 heterocycles. The van der Waals surface area contributed by atoms with Gasteiger partial charge in [-0.2, -0.15) is 0 Å². The third-order valence-corrected chi connectivity index (χ3v) is 3.57. The number of unbranched alkanes of at least 4 members (excludes halogenated alkanes) is 1. The average Bonchev–Trinajstić information content (AvgIpc) is 3.13. The highest BCUT2D eigenvalue weighted by Crippen LogP contribution is 2.32. The summed E-state index contributed by atoms with van der Waals surface area (Å²) in [7, 11) is 0. The van der Waals surface area contributed by atoms with Crippen LogP contribution in [-0.4, -0.2) is 30.3 Å². The number of rotatable bonds is 8. The Hall–Kier alpha value is -0.770. The van der Waals surface area contributed by atoms with E-state index in [1.165, 1.54) is 32.1 Å². The van der Waals surface area contributed by atoms with Gasteiger partial charge in [-0.1, -0.05) is 19.8 Å². The Morgan fingerprint density at radius 3 is 2.50 bits per heavy atom. The lowest BCUT2D eigenvalue weighted by atomic mass is 10.1. The summed E-state index contributed by atoms with van der Waals surface area (Å²) in [6.07, 6.45) is 5.81. The third kappa shape index (κ3) is 7.73. The smallest absolute Gasteiger partial charge is 0.407 e. The zero-order chi connectivity index (χ0) is 15.2. The molecule has 4 nitrogen and oxygen atoms in total. The molecule has 118 valence electrons. The predicted molar refractivity (Wildman–Crippen MR) is 82.9 cm³/mol. The molecule has 1 saturated carbocycles. The molecule has 2 N–H and O–H groups in total. The normalized spacial score (nSPS) is 18.4. The molecule has 0 radical (unpaired) electrons. The number of carbonyl (C=O) groups excluding carboxylic acids is 1. The van der Waals surface area contributed by atoms with E-state index in [9.17, 15) is 4.79 Å². The van der Waals surface area contributed by atoms with Gasteiger partial charge in [0.05, 0.1) is 0 Å². The Balaban J connectivity index is 2.32. The summed E-state index contributed by atoms with van der Waals surface area (Å²) in [4.78, 5) is 11.9. The van der Waals surface area contributed by atoms with Crippen LogP contribution in [0.15, 0.2) is 0 Å². The summed E-state index contributed by atoms with van der Waals surface area (Å²) < 4.78 is 5.34. The minimum Gasteiger partial charge on any atom is -0.444 e. The first-order valence-electron chi connectivity index (χ1n) is 8.04. The van der Waals surface area contributed by atoms with Gasteiger partial charge in [0.1, 0.15) is 5.60 Å².